The predicted octanol–water partition coefficient (Wildman–Crippen LogP) is 6.40. The lowest BCUT2D eigenvalue weighted by atomic mass is 9.83. The molecule has 0 radical (unpaired) electrons. The van der Waals surface area contributed by atoms with E-state index in [0.717, 1.165) is 64.6 Å². The molecule has 1 fully saturated rings. The third-order valence-corrected chi connectivity index (χ3v) is 9.45. The van der Waals surface area contributed by atoms with Gasteiger partial charge in [-0.2, -0.15) is 0 Å². The summed E-state index contributed by atoms with van der Waals surface area (Å²) in [6.45, 7) is 8.45. The number of likely N-dealkylation sites (N-methyl/N-ethyl adjacent to an activating group) is 1. The maximum atomic E-state index is 13.4. The Hall–Kier alpha value is -1.99. The number of likely N-dealkylation sites (tertiary alicyclic amines) is 1. The maximum Gasteiger partial charge on any atom is 0.260 e. The first-order valence-corrected chi connectivity index (χ1v) is 15.0. The van der Waals surface area contributed by atoms with Crippen LogP contribution in [0.15, 0.2) is 64.1 Å². The van der Waals surface area contributed by atoms with Gasteiger partial charge in [0, 0.05) is 28.8 Å². The topological polar surface area (TPSA) is 47.9 Å². The van der Waals surface area contributed by atoms with Gasteiger partial charge in [-0.25, -0.2) is 0 Å². The summed E-state index contributed by atoms with van der Waals surface area (Å²) in [5, 5.41) is 5.72. The summed E-state index contributed by atoms with van der Waals surface area (Å²) in [7, 11) is 2.08. The van der Waals surface area contributed by atoms with Crippen LogP contribution in [0.5, 0.6) is 0 Å². The van der Waals surface area contributed by atoms with Crippen molar-refractivity contribution in [2.75, 3.05) is 20.1 Å². The number of aryl methyl sites for hydroxylation is 2. The summed E-state index contributed by atoms with van der Waals surface area (Å²) < 4.78 is 0. The number of nitrogens with one attached hydrogen (secondary N) is 1. The van der Waals surface area contributed by atoms with E-state index in [1.165, 1.54) is 11.1 Å². The number of aliphatic imine (C=N–C) groups is 1. The fourth-order valence-electron chi connectivity index (χ4n) is 5.76. The highest BCUT2D eigenvalue weighted by molar-refractivity contribution is 8.18. The van der Waals surface area contributed by atoms with Crippen molar-refractivity contribution in [1.82, 2.24) is 15.1 Å². The molecule has 2 unspecified atom stereocenters. The van der Waals surface area contributed by atoms with Crippen LogP contribution in [0, 0.1) is 5.92 Å². The molecule has 202 valence electrons. The van der Waals surface area contributed by atoms with Gasteiger partial charge >= 0.3 is 0 Å². The standard InChI is InChI=1S/C30H36Cl2N4OS/c1-19(2)26-27(28(37)33-24-17-35(4)18-24)38-29-34-30(3,16-15-21-7-12-23(32)13-8-21)25(36(26)29)14-9-20-5-10-22(31)11-6-20/h5-8,10-13,19,24-25H,9,14-18H2,1-4H3,(H,33,37). The van der Waals surface area contributed by atoms with Crippen molar-refractivity contribution in [1.29, 1.82) is 0 Å². The number of halogens is 2. The lowest BCUT2D eigenvalue weighted by molar-refractivity contribution is -0.118. The van der Waals surface area contributed by atoms with Gasteiger partial charge in [0.1, 0.15) is 0 Å². The summed E-state index contributed by atoms with van der Waals surface area (Å²) in [6.07, 6.45) is 3.69. The summed E-state index contributed by atoms with van der Waals surface area (Å²) in [4.78, 5) is 24.2. The normalized spacial score (nSPS) is 23.6. The quantitative estimate of drug-likeness (QED) is 0.378. The molecule has 8 heteroatoms. The number of allylic oxidation sites excluding steroid dienone is 1. The number of hydrogen-bond acceptors (Lipinski definition) is 5. The molecule has 2 aromatic rings. The Morgan fingerprint density at radius 2 is 1.63 bits per heavy atom. The molecule has 38 heavy (non-hydrogen) atoms. The van der Waals surface area contributed by atoms with Crippen LogP contribution in [0.3, 0.4) is 0 Å². The molecule has 3 aliphatic rings. The molecule has 1 amide bonds. The Morgan fingerprint density at radius 1 is 1.05 bits per heavy atom. The van der Waals surface area contributed by atoms with Crippen LogP contribution >= 0.6 is 35.0 Å². The number of fused-ring (bicyclic) bond motifs is 1. The zero-order valence-electron chi connectivity index (χ0n) is 22.5. The molecule has 0 aliphatic carbocycles. The zero-order valence-corrected chi connectivity index (χ0v) is 24.8. The van der Waals surface area contributed by atoms with Crippen LogP contribution in [-0.2, 0) is 17.6 Å². The summed E-state index contributed by atoms with van der Waals surface area (Å²) in [6, 6.07) is 16.6. The van der Waals surface area contributed by atoms with E-state index >= 15 is 0 Å². The van der Waals surface area contributed by atoms with Crippen molar-refractivity contribution in [2.24, 2.45) is 10.9 Å². The zero-order chi connectivity index (χ0) is 27.0. The second-order valence-corrected chi connectivity index (χ2v) is 13.1. The third-order valence-electron chi connectivity index (χ3n) is 7.88. The van der Waals surface area contributed by atoms with Crippen molar-refractivity contribution in [3.05, 3.63) is 80.3 Å². The van der Waals surface area contributed by atoms with E-state index in [0.29, 0.717) is 0 Å². The molecular weight excluding hydrogens is 535 g/mol. The monoisotopic (exact) mass is 570 g/mol. The number of rotatable bonds is 9. The first kappa shape index (κ1) is 27.6. The smallest absolute Gasteiger partial charge is 0.260 e. The molecule has 0 aromatic heterocycles. The summed E-state index contributed by atoms with van der Waals surface area (Å²) in [5.74, 6) is 0.241. The lowest BCUT2D eigenvalue weighted by Gasteiger charge is -2.37. The number of carbonyl (C=O) groups is 1. The number of amides is 1. The van der Waals surface area contributed by atoms with Gasteiger partial charge in [-0.15, -0.1) is 0 Å². The highest BCUT2D eigenvalue weighted by Gasteiger charge is 2.51. The Bertz CT molecular complexity index is 1240. The molecule has 1 saturated heterocycles. The van der Waals surface area contributed by atoms with E-state index < -0.39 is 0 Å². The fraction of sp³-hybridized carbons (Fsp3) is 0.467. The Morgan fingerprint density at radius 3 is 2.18 bits per heavy atom. The number of amidine groups is 1. The van der Waals surface area contributed by atoms with Crippen LogP contribution in [0.2, 0.25) is 10.0 Å². The molecule has 1 N–H and O–H groups in total. The Kier molecular flexibility index (Phi) is 8.16. The van der Waals surface area contributed by atoms with E-state index in [1.807, 2.05) is 24.3 Å². The molecule has 0 saturated carbocycles. The van der Waals surface area contributed by atoms with E-state index in [2.05, 4.69) is 67.2 Å². The molecule has 2 atom stereocenters. The van der Waals surface area contributed by atoms with Gasteiger partial charge in [-0.1, -0.05) is 61.3 Å². The van der Waals surface area contributed by atoms with Crippen LogP contribution in [0.4, 0.5) is 0 Å². The van der Waals surface area contributed by atoms with E-state index in [-0.39, 0.29) is 29.4 Å². The SMILES string of the molecule is CC(C)C1=C(C(=O)NC2CN(C)C2)SC2=NC(C)(CCc3ccc(Cl)cc3)C(CCc3ccc(Cl)cc3)N21. The van der Waals surface area contributed by atoms with Gasteiger partial charge < -0.3 is 15.1 Å². The van der Waals surface area contributed by atoms with E-state index in [1.54, 1.807) is 11.8 Å². The van der Waals surface area contributed by atoms with Crippen LogP contribution < -0.4 is 5.32 Å². The molecule has 2 aromatic carbocycles. The second-order valence-electron chi connectivity index (χ2n) is 11.3. The van der Waals surface area contributed by atoms with E-state index in [9.17, 15) is 4.79 Å². The van der Waals surface area contributed by atoms with Crippen molar-refractivity contribution in [3.63, 3.8) is 0 Å². The van der Waals surface area contributed by atoms with Crippen LogP contribution in [-0.4, -0.2) is 58.6 Å². The van der Waals surface area contributed by atoms with Gasteiger partial charge in [0.25, 0.3) is 5.91 Å². The minimum Gasteiger partial charge on any atom is -0.346 e. The molecule has 5 nitrogen and oxygen atoms in total. The lowest BCUT2D eigenvalue weighted by Crippen LogP contribution is -2.57. The highest BCUT2D eigenvalue weighted by Crippen LogP contribution is 2.49. The predicted molar refractivity (Wildman–Crippen MR) is 160 cm³/mol. The fourth-order valence-corrected chi connectivity index (χ4v) is 7.37. The molecule has 3 aliphatic heterocycles. The Labute approximate surface area is 240 Å². The number of benzene rings is 2. The van der Waals surface area contributed by atoms with Crippen LogP contribution in [0.25, 0.3) is 0 Å². The number of nitrogens with zero attached hydrogens (tertiary/aromatic N) is 3. The Balaban J connectivity index is 1.41. The first-order valence-electron chi connectivity index (χ1n) is 13.4. The van der Waals surface area contributed by atoms with Gasteiger partial charge in [-0.3, -0.25) is 9.79 Å². The third kappa shape index (κ3) is 5.79. The van der Waals surface area contributed by atoms with Crippen molar-refractivity contribution in [3.8, 4) is 0 Å². The van der Waals surface area contributed by atoms with Gasteiger partial charge in [-0.05, 0) is 92.7 Å². The molecule has 0 bridgehead atoms. The molecule has 3 heterocycles. The van der Waals surface area contributed by atoms with Gasteiger partial charge in [0.2, 0.25) is 0 Å². The number of hydrogen-bond donors (Lipinski definition) is 1. The average molecular weight is 572 g/mol. The van der Waals surface area contributed by atoms with Gasteiger partial charge in [0.15, 0.2) is 5.17 Å². The number of thioether (sulfide) groups is 1. The first-order chi connectivity index (χ1) is 18.1. The minimum atomic E-state index is -0.271. The van der Waals surface area contributed by atoms with E-state index in [4.69, 9.17) is 28.2 Å². The number of carbonyl (C=O) groups excluding carboxylic acids is 1. The van der Waals surface area contributed by atoms with Crippen molar-refractivity contribution in [2.45, 2.75) is 64.1 Å². The van der Waals surface area contributed by atoms with Crippen LogP contribution in [0.1, 0.15) is 44.7 Å². The summed E-state index contributed by atoms with van der Waals surface area (Å²) in [5.41, 5.74) is 3.36. The maximum absolute atomic E-state index is 13.4. The van der Waals surface area contributed by atoms with Gasteiger partial charge in [0.05, 0.1) is 22.5 Å². The molecule has 0 spiro atoms. The average Bonchev–Trinajstić information content (AvgIpc) is 3.35. The summed E-state index contributed by atoms with van der Waals surface area (Å²) >= 11 is 13.8. The minimum absolute atomic E-state index is 0.0354. The second kappa shape index (κ2) is 11.2. The van der Waals surface area contributed by atoms with Crippen molar-refractivity contribution < 1.29 is 4.79 Å². The molecular formula is C30H36Cl2N4OS. The highest BCUT2D eigenvalue weighted by atomic mass is 35.5. The molecule has 5 rings (SSSR count). The van der Waals surface area contributed by atoms with Crippen molar-refractivity contribution >= 4 is 46.0 Å². The largest absolute Gasteiger partial charge is 0.346 e.